The molecule has 1 aliphatic rings. The maximum Gasteiger partial charge on any atom is 0.235 e. The molecule has 0 aromatic carbocycles. The van der Waals surface area contributed by atoms with Crippen molar-refractivity contribution >= 4 is 5.91 Å². The Morgan fingerprint density at radius 3 is 3.00 bits per heavy atom. The predicted molar refractivity (Wildman–Crippen MR) is 50.3 cm³/mol. The number of rotatable bonds is 3. The van der Waals surface area contributed by atoms with Gasteiger partial charge in [0.1, 0.15) is 6.54 Å². The molecule has 14 heavy (non-hydrogen) atoms. The highest BCUT2D eigenvalue weighted by Crippen LogP contribution is 2.19. The molecule has 0 saturated carbocycles. The van der Waals surface area contributed by atoms with Gasteiger partial charge in [-0.3, -0.25) is 9.69 Å². The SMILES string of the molecule is CC1(O)CCN(CC(=O)NCC#N)C1. The van der Waals surface area contributed by atoms with E-state index in [-0.39, 0.29) is 19.0 Å². The summed E-state index contributed by atoms with van der Waals surface area (Å²) in [5.74, 6) is -0.163. The smallest absolute Gasteiger partial charge is 0.235 e. The summed E-state index contributed by atoms with van der Waals surface area (Å²) in [7, 11) is 0. The summed E-state index contributed by atoms with van der Waals surface area (Å²) in [5, 5.41) is 20.3. The van der Waals surface area contributed by atoms with Crippen LogP contribution < -0.4 is 5.32 Å². The molecule has 0 bridgehead atoms. The van der Waals surface area contributed by atoms with Crippen LogP contribution in [0.3, 0.4) is 0 Å². The van der Waals surface area contributed by atoms with Crippen molar-refractivity contribution in [2.75, 3.05) is 26.2 Å². The first kappa shape index (κ1) is 11.0. The van der Waals surface area contributed by atoms with Crippen molar-refractivity contribution in [1.29, 1.82) is 5.26 Å². The van der Waals surface area contributed by atoms with E-state index < -0.39 is 5.60 Å². The van der Waals surface area contributed by atoms with Crippen LogP contribution in [0.15, 0.2) is 0 Å². The van der Waals surface area contributed by atoms with Crippen LogP contribution in [0, 0.1) is 11.3 Å². The second-order valence-corrected chi connectivity index (χ2v) is 3.89. The number of amides is 1. The number of hydrogen-bond donors (Lipinski definition) is 2. The van der Waals surface area contributed by atoms with Crippen LogP contribution in [0.5, 0.6) is 0 Å². The predicted octanol–water partition coefficient (Wildman–Crippen LogP) is -0.917. The molecule has 1 rings (SSSR count). The second-order valence-electron chi connectivity index (χ2n) is 3.89. The minimum atomic E-state index is -0.671. The Hall–Kier alpha value is -1.12. The molecule has 1 atom stereocenters. The van der Waals surface area contributed by atoms with Crippen LogP contribution in [0.25, 0.3) is 0 Å². The highest BCUT2D eigenvalue weighted by atomic mass is 16.3. The summed E-state index contributed by atoms with van der Waals surface area (Å²) in [6.07, 6.45) is 0.693. The number of β-amino-alcohol motifs (C(OH)–C–C–N with tert-alkyl or cyclic N) is 1. The number of nitrogens with one attached hydrogen (secondary N) is 1. The van der Waals surface area contributed by atoms with E-state index in [0.29, 0.717) is 13.0 Å². The molecule has 1 unspecified atom stereocenters. The molecule has 0 aromatic rings. The lowest BCUT2D eigenvalue weighted by Gasteiger charge is -2.17. The van der Waals surface area contributed by atoms with Gasteiger partial charge < -0.3 is 10.4 Å². The number of nitrogens with zero attached hydrogens (tertiary/aromatic N) is 2. The number of aliphatic hydroxyl groups is 1. The molecule has 1 aliphatic heterocycles. The molecule has 1 amide bonds. The second kappa shape index (κ2) is 4.40. The van der Waals surface area contributed by atoms with E-state index in [9.17, 15) is 9.90 Å². The maximum atomic E-state index is 11.2. The molecule has 78 valence electrons. The highest BCUT2D eigenvalue weighted by molar-refractivity contribution is 5.78. The first-order chi connectivity index (χ1) is 6.53. The van der Waals surface area contributed by atoms with Crippen LogP contribution in [0.2, 0.25) is 0 Å². The molecule has 0 spiro atoms. The molecule has 2 N–H and O–H groups in total. The standard InChI is InChI=1S/C9H15N3O2/c1-9(14)2-5-12(7-9)6-8(13)11-4-3-10/h14H,2,4-7H2,1H3,(H,11,13). The van der Waals surface area contributed by atoms with E-state index in [0.717, 1.165) is 6.54 Å². The van der Waals surface area contributed by atoms with Gasteiger partial charge in [0, 0.05) is 13.1 Å². The van der Waals surface area contributed by atoms with E-state index in [1.54, 1.807) is 6.92 Å². The highest BCUT2D eigenvalue weighted by Gasteiger charge is 2.31. The average Bonchev–Trinajstić information content (AvgIpc) is 2.42. The minimum Gasteiger partial charge on any atom is -0.389 e. The minimum absolute atomic E-state index is 0.0447. The Bertz CT molecular complexity index is 257. The van der Waals surface area contributed by atoms with Crippen LogP contribution >= 0.6 is 0 Å². The van der Waals surface area contributed by atoms with Crippen LogP contribution in [0.1, 0.15) is 13.3 Å². The van der Waals surface area contributed by atoms with Gasteiger partial charge in [-0.25, -0.2) is 0 Å². The van der Waals surface area contributed by atoms with E-state index >= 15 is 0 Å². The largest absolute Gasteiger partial charge is 0.389 e. The molecular weight excluding hydrogens is 182 g/mol. The summed E-state index contributed by atoms with van der Waals surface area (Å²) >= 11 is 0. The molecule has 1 saturated heterocycles. The summed E-state index contributed by atoms with van der Waals surface area (Å²) in [4.78, 5) is 13.1. The van der Waals surface area contributed by atoms with Crippen molar-refractivity contribution < 1.29 is 9.90 Å². The number of hydrogen-bond acceptors (Lipinski definition) is 4. The molecular formula is C9H15N3O2. The van der Waals surface area contributed by atoms with Gasteiger partial charge in [0.2, 0.25) is 5.91 Å². The van der Waals surface area contributed by atoms with Crippen molar-refractivity contribution in [2.45, 2.75) is 18.9 Å². The fourth-order valence-corrected chi connectivity index (χ4v) is 1.57. The number of likely N-dealkylation sites (tertiary alicyclic amines) is 1. The summed E-state index contributed by atoms with van der Waals surface area (Å²) in [6, 6.07) is 1.84. The lowest BCUT2D eigenvalue weighted by atomic mass is 10.1. The molecule has 1 heterocycles. The quantitative estimate of drug-likeness (QED) is 0.574. The van der Waals surface area contributed by atoms with Gasteiger partial charge in [0.05, 0.1) is 18.2 Å². The van der Waals surface area contributed by atoms with Gasteiger partial charge in [-0.15, -0.1) is 0 Å². The molecule has 0 radical (unpaired) electrons. The Morgan fingerprint density at radius 1 is 1.79 bits per heavy atom. The zero-order chi connectivity index (χ0) is 10.6. The lowest BCUT2D eigenvalue weighted by molar-refractivity contribution is -0.121. The Balaban J connectivity index is 2.26. The third-order valence-electron chi connectivity index (χ3n) is 2.26. The Morgan fingerprint density at radius 2 is 2.50 bits per heavy atom. The van der Waals surface area contributed by atoms with Crippen LogP contribution in [-0.2, 0) is 4.79 Å². The molecule has 0 aliphatic carbocycles. The van der Waals surface area contributed by atoms with E-state index in [2.05, 4.69) is 5.32 Å². The third kappa shape index (κ3) is 3.32. The van der Waals surface area contributed by atoms with Gasteiger partial charge in [0.15, 0.2) is 0 Å². The number of carbonyl (C=O) groups is 1. The van der Waals surface area contributed by atoms with Crippen molar-refractivity contribution in [2.24, 2.45) is 0 Å². The molecule has 0 aromatic heterocycles. The fourth-order valence-electron chi connectivity index (χ4n) is 1.57. The van der Waals surface area contributed by atoms with Gasteiger partial charge in [0.25, 0.3) is 0 Å². The van der Waals surface area contributed by atoms with Gasteiger partial charge >= 0.3 is 0 Å². The summed E-state index contributed by atoms with van der Waals surface area (Å²) in [5.41, 5.74) is -0.671. The topological polar surface area (TPSA) is 76.4 Å². The van der Waals surface area contributed by atoms with Gasteiger partial charge in [-0.2, -0.15) is 5.26 Å². The Kier molecular flexibility index (Phi) is 3.44. The number of nitriles is 1. The third-order valence-corrected chi connectivity index (χ3v) is 2.26. The van der Waals surface area contributed by atoms with Crippen molar-refractivity contribution in [3.63, 3.8) is 0 Å². The molecule has 1 fully saturated rings. The first-order valence-electron chi connectivity index (χ1n) is 4.62. The molecule has 5 nitrogen and oxygen atoms in total. The van der Waals surface area contributed by atoms with E-state index in [4.69, 9.17) is 5.26 Å². The van der Waals surface area contributed by atoms with Crippen molar-refractivity contribution in [1.82, 2.24) is 10.2 Å². The zero-order valence-corrected chi connectivity index (χ0v) is 8.29. The molecule has 5 heteroatoms. The van der Waals surface area contributed by atoms with Gasteiger partial charge in [-0.05, 0) is 13.3 Å². The van der Waals surface area contributed by atoms with Crippen LogP contribution in [-0.4, -0.2) is 47.7 Å². The summed E-state index contributed by atoms with van der Waals surface area (Å²) < 4.78 is 0. The zero-order valence-electron chi connectivity index (χ0n) is 8.29. The normalized spacial score (nSPS) is 27.2. The monoisotopic (exact) mass is 197 g/mol. The average molecular weight is 197 g/mol. The first-order valence-corrected chi connectivity index (χ1v) is 4.62. The lowest BCUT2D eigenvalue weighted by Crippen LogP contribution is -2.38. The Labute approximate surface area is 83.3 Å². The fraction of sp³-hybridized carbons (Fsp3) is 0.778. The van der Waals surface area contributed by atoms with Crippen molar-refractivity contribution in [3.05, 3.63) is 0 Å². The van der Waals surface area contributed by atoms with Crippen LogP contribution in [0.4, 0.5) is 0 Å². The van der Waals surface area contributed by atoms with Crippen molar-refractivity contribution in [3.8, 4) is 6.07 Å². The number of carbonyl (C=O) groups excluding carboxylic acids is 1. The van der Waals surface area contributed by atoms with E-state index in [1.807, 2.05) is 11.0 Å². The maximum absolute atomic E-state index is 11.2. The summed E-state index contributed by atoms with van der Waals surface area (Å²) in [6.45, 7) is 3.32. The van der Waals surface area contributed by atoms with Gasteiger partial charge in [-0.1, -0.05) is 0 Å². The van der Waals surface area contributed by atoms with E-state index in [1.165, 1.54) is 0 Å².